The zero-order valence-corrected chi connectivity index (χ0v) is 10.2. The van der Waals surface area contributed by atoms with E-state index in [2.05, 4.69) is 10.6 Å². The van der Waals surface area contributed by atoms with Crippen LogP contribution in [0.4, 0.5) is 10.5 Å². The summed E-state index contributed by atoms with van der Waals surface area (Å²) in [7, 11) is 0. The number of carbonyl (C=O) groups excluding carboxylic acids is 1. The lowest BCUT2D eigenvalue weighted by molar-refractivity contribution is 0.234. The molecule has 0 saturated heterocycles. The van der Waals surface area contributed by atoms with Crippen molar-refractivity contribution in [2.24, 2.45) is 0 Å². The van der Waals surface area contributed by atoms with Crippen molar-refractivity contribution in [3.63, 3.8) is 0 Å². The molecule has 2 aromatic carbocycles. The van der Waals surface area contributed by atoms with Gasteiger partial charge in [0.2, 0.25) is 0 Å². The molecular formula is C14H14N2O3. The first kappa shape index (κ1) is 12.8. The van der Waals surface area contributed by atoms with E-state index in [1.807, 2.05) is 18.2 Å². The molecule has 98 valence electrons. The highest BCUT2D eigenvalue weighted by Crippen LogP contribution is 2.14. The van der Waals surface area contributed by atoms with E-state index in [0.29, 0.717) is 11.4 Å². The maximum atomic E-state index is 11.5. The highest BCUT2D eigenvalue weighted by atomic mass is 16.5. The minimum absolute atomic E-state index is 0.0641. The van der Waals surface area contributed by atoms with E-state index >= 15 is 0 Å². The highest BCUT2D eigenvalue weighted by molar-refractivity contribution is 5.89. The van der Waals surface area contributed by atoms with Gasteiger partial charge in [-0.1, -0.05) is 24.3 Å². The van der Waals surface area contributed by atoms with Crippen LogP contribution in [-0.4, -0.2) is 17.9 Å². The Morgan fingerprint density at radius 2 is 1.89 bits per heavy atom. The predicted octanol–water partition coefficient (Wildman–Crippen LogP) is 2.55. The smallest absolute Gasteiger partial charge is 0.321 e. The van der Waals surface area contributed by atoms with Crippen molar-refractivity contribution in [2.75, 3.05) is 12.0 Å². The van der Waals surface area contributed by atoms with Crippen molar-refractivity contribution in [3.05, 3.63) is 54.6 Å². The van der Waals surface area contributed by atoms with E-state index in [1.165, 1.54) is 12.1 Å². The number of phenols is 1. The number of hydrogen-bond acceptors (Lipinski definition) is 3. The van der Waals surface area contributed by atoms with Crippen LogP contribution in [0.25, 0.3) is 0 Å². The normalized spacial score (nSPS) is 9.68. The van der Waals surface area contributed by atoms with Crippen LogP contribution in [0.15, 0.2) is 54.6 Å². The summed E-state index contributed by atoms with van der Waals surface area (Å²) in [5.74, 6) is 0.776. The zero-order chi connectivity index (χ0) is 13.5. The van der Waals surface area contributed by atoms with Crippen LogP contribution < -0.4 is 15.4 Å². The summed E-state index contributed by atoms with van der Waals surface area (Å²) >= 11 is 0. The lowest BCUT2D eigenvalue weighted by Gasteiger charge is -2.09. The first-order valence-corrected chi connectivity index (χ1v) is 5.76. The third-order valence-corrected chi connectivity index (χ3v) is 2.32. The number of urea groups is 1. The second-order valence-corrected chi connectivity index (χ2v) is 3.78. The summed E-state index contributed by atoms with van der Waals surface area (Å²) in [4.78, 5) is 11.5. The number of anilines is 1. The number of hydrogen-bond donors (Lipinski definition) is 3. The number of carbonyl (C=O) groups is 1. The van der Waals surface area contributed by atoms with Crippen molar-refractivity contribution >= 4 is 11.7 Å². The third-order valence-electron chi connectivity index (χ3n) is 2.32. The molecule has 19 heavy (non-hydrogen) atoms. The van der Waals surface area contributed by atoms with Crippen LogP contribution in [0.5, 0.6) is 11.5 Å². The van der Waals surface area contributed by atoms with Crippen LogP contribution in [0.1, 0.15) is 0 Å². The molecule has 0 bridgehead atoms. The van der Waals surface area contributed by atoms with Crippen molar-refractivity contribution < 1.29 is 14.6 Å². The fourth-order valence-electron chi connectivity index (χ4n) is 1.46. The molecule has 0 unspecified atom stereocenters. The van der Waals surface area contributed by atoms with Gasteiger partial charge in [0.15, 0.2) is 6.73 Å². The molecule has 0 spiro atoms. The number of ether oxygens (including phenoxy) is 1. The molecule has 2 amide bonds. The highest BCUT2D eigenvalue weighted by Gasteiger charge is 2.01. The number of benzene rings is 2. The Morgan fingerprint density at radius 1 is 1.11 bits per heavy atom. The van der Waals surface area contributed by atoms with E-state index < -0.39 is 6.03 Å². The lowest BCUT2D eigenvalue weighted by Crippen LogP contribution is -2.31. The fraction of sp³-hybridized carbons (Fsp3) is 0.0714. The average Bonchev–Trinajstić information content (AvgIpc) is 2.40. The second kappa shape index (κ2) is 6.30. The van der Waals surface area contributed by atoms with Crippen molar-refractivity contribution in [1.29, 1.82) is 0 Å². The number of rotatable bonds is 4. The molecule has 0 aromatic heterocycles. The number of para-hydroxylation sites is 1. The largest absolute Gasteiger partial charge is 0.508 e. The molecule has 0 aliphatic carbocycles. The standard InChI is InChI=1S/C14H14N2O3/c17-12-6-4-5-11(9-12)16-14(18)15-10-19-13-7-2-1-3-8-13/h1-9,17H,10H2,(H2,15,16,18). The zero-order valence-electron chi connectivity index (χ0n) is 10.2. The number of phenolic OH excluding ortho intramolecular Hbond substituents is 1. The van der Waals surface area contributed by atoms with Crippen molar-refractivity contribution in [3.8, 4) is 11.5 Å². The summed E-state index contributed by atoms with van der Waals surface area (Å²) in [5.41, 5.74) is 0.511. The number of aromatic hydroxyl groups is 1. The van der Waals surface area contributed by atoms with Gasteiger partial charge in [0.25, 0.3) is 0 Å². The Balaban J connectivity index is 1.76. The third kappa shape index (κ3) is 4.23. The molecule has 0 fully saturated rings. The summed E-state index contributed by atoms with van der Waals surface area (Å²) in [6, 6.07) is 15.1. The number of amides is 2. The average molecular weight is 258 g/mol. The quantitative estimate of drug-likeness (QED) is 0.738. The maximum absolute atomic E-state index is 11.5. The van der Waals surface area contributed by atoms with E-state index in [0.717, 1.165) is 0 Å². The summed E-state index contributed by atoms with van der Waals surface area (Å²) < 4.78 is 5.32. The first-order valence-electron chi connectivity index (χ1n) is 5.76. The van der Waals surface area contributed by atoms with Gasteiger partial charge >= 0.3 is 6.03 Å². The van der Waals surface area contributed by atoms with Crippen LogP contribution in [-0.2, 0) is 0 Å². The Labute approximate surface area is 110 Å². The molecule has 0 aliphatic rings. The molecule has 0 radical (unpaired) electrons. The Hall–Kier alpha value is -2.69. The first-order chi connectivity index (χ1) is 9.24. The molecular weight excluding hydrogens is 244 g/mol. The Bertz CT molecular complexity index is 543. The van der Waals surface area contributed by atoms with E-state index in [9.17, 15) is 9.90 Å². The topological polar surface area (TPSA) is 70.6 Å². The van der Waals surface area contributed by atoms with E-state index in [4.69, 9.17) is 4.74 Å². The minimum Gasteiger partial charge on any atom is -0.508 e. The van der Waals surface area contributed by atoms with Gasteiger partial charge in [0, 0.05) is 11.8 Å². The van der Waals surface area contributed by atoms with Crippen molar-refractivity contribution in [2.45, 2.75) is 0 Å². The molecule has 0 atom stereocenters. The molecule has 0 saturated carbocycles. The Kier molecular flexibility index (Phi) is 4.23. The lowest BCUT2D eigenvalue weighted by atomic mass is 10.3. The molecule has 5 nitrogen and oxygen atoms in total. The van der Waals surface area contributed by atoms with E-state index in [1.54, 1.807) is 24.3 Å². The maximum Gasteiger partial charge on any atom is 0.321 e. The van der Waals surface area contributed by atoms with Gasteiger partial charge < -0.3 is 20.5 Å². The summed E-state index contributed by atoms with van der Waals surface area (Å²) in [5, 5.41) is 14.4. The van der Waals surface area contributed by atoms with Crippen LogP contribution in [0.3, 0.4) is 0 Å². The second-order valence-electron chi connectivity index (χ2n) is 3.78. The molecule has 0 heterocycles. The van der Waals surface area contributed by atoms with Crippen molar-refractivity contribution in [1.82, 2.24) is 5.32 Å². The predicted molar refractivity (Wildman–Crippen MR) is 72.2 cm³/mol. The van der Waals surface area contributed by atoms with Gasteiger partial charge in [-0.3, -0.25) is 0 Å². The van der Waals surface area contributed by atoms with E-state index in [-0.39, 0.29) is 12.5 Å². The molecule has 2 aromatic rings. The molecule has 5 heteroatoms. The van der Waals surface area contributed by atoms with Gasteiger partial charge in [-0.2, -0.15) is 0 Å². The van der Waals surface area contributed by atoms with Gasteiger partial charge in [-0.15, -0.1) is 0 Å². The molecule has 2 rings (SSSR count). The summed E-state index contributed by atoms with van der Waals surface area (Å²) in [6.45, 7) is 0.0641. The van der Waals surface area contributed by atoms with Crippen LogP contribution in [0, 0.1) is 0 Å². The molecule has 0 aliphatic heterocycles. The van der Waals surface area contributed by atoms with Gasteiger partial charge in [0.05, 0.1) is 0 Å². The fourth-order valence-corrected chi connectivity index (χ4v) is 1.46. The van der Waals surface area contributed by atoms with Gasteiger partial charge in [0.1, 0.15) is 11.5 Å². The van der Waals surface area contributed by atoms with Gasteiger partial charge in [-0.05, 0) is 24.3 Å². The van der Waals surface area contributed by atoms with Gasteiger partial charge in [-0.25, -0.2) is 4.79 Å². The minimum atomic E-state index is -0.401. The monoisotopic (exact) mass is 258 g/mol. The summed E-state index contributed by atoms with van der Waals surface area (Å²) in [6.07, 6.45) is 0. The SMILES string of the molecule is O=C(NCOc1ccccc1)Nc1cccc(O)c1. The number of nitrogens with one attached hydrogen (secondary N) is 2. The van der Waals surface area contributed by atoms with Crippen LogP contribution >= 0.6 is 0 Å². The van der Waals surface area contributed by atoms with Crippen LogP contribution in [0.2, 0.25) is 0 Å². The molecule has 3 N–H and O–H groups in total. The Morgan fingerprint density at radius 3 is 2.63 bits per heavy atom.